The summed E-state index contributed by atoms with van der Waals surface area (Å²) >= 11 is 0. The van der Waals surface area contributed by atoms with Crippen LogP contribution in [0.4, 0.5) is 4.39 Å². The molecule has 1 heterocycles. The van der Waals surface area contributed by atoms with Crippen molar-refractivity contribution >= 4 is 10.9 Å². The monoisotopic (exact) mass is 282 g/mol. The first-order valence-corrected chi connectivity index (χ1v) is 6.71. The van der Waals surface area contributed by atoms with Gasteiger partial charge in [0.2, 0.25) is 0 Å². The second-order valence-electron chi connectivity index (χ2n) is 4.93. The summed E-state index contributed by atoms with van der Waals surface area (Å²) in [5, 5.41) is 1.04. The third-order valence-electron chi connectivity index (χ3n) is 3.27. The third-order valence-corrected chi connectivity index (χ3v) is 3.27. The lowest BCUT2D eigenvalue weighted by molar-refractivity contribution is 0.470. The minimum absolute atomic E-state index is 0.311. The molecule has 0 aliphatic carbocycles. The zero-order valence-electron chi connectivity index (χ0n) is 11.6. The number of nitrogens with two attached hydrogens (primary N) is 1. The van der Waals surface area contributed by atoms with Gasteiger partial charge in [-0.25, -0.2) is 4.39 Å². The largest absolute Gasteiger partial charge is 0.457 e. The van der Waals surface area contributed by atoms with Crippen molar-refractivity contribution in [2.24, 2.45) is 5.73 Å². The fourth-order valence-corrected chi connectivity index (χ4v) is 2.20. The van der Waals surface area contributed by atoms with Gasteiger partial charge in [0, 0.05) is 29.3 Å². The van der Waals surface area contributed by atoms with E-state index in [1.165, 1.54) is 12.1 Å². The molecule has 0 amide bonds. The molecule has 3 nitrogen and oxygen atoms in total. The highest BCUT2D eigenvalue weighted by Gasteiger charge is 2.11. The summed E-state index contributed by atoms with van der Waals surface area (Å²) in [6.45, 7) is 1.80. The van der Waals surface area contributed by atoms with Gasteiger partial charge in [-0.1, -0.05) is 6.07 Å². The minimum Gasteiger partial charge on any atom is -0.457 e. The van der Waals surface area contributed by atoms with Gasteiger partial charge in [0.15, 0.2) is 0 Å². The van der Waals surface area contributed by atoms with Crippen LogP contribution in [0.1, 0.15) is 18.5 Å². The molecule has 0 saturated heterocycles. The molecule has 0 saturated carbocycles. The van der Waals surface area contributed by atoms with Crippen molar-refractivity contribution in [1.82, 2.24) is 4.98 Å². The second-order valence-corrected chi connectivity index (χ2v) is 4.93. The number of benzene rings is 2. The van der Waals surface area contributed by atoms with Gasteiger partial charge in [-0.2, -0.15) is 0 Å². The summed E-state index contributed by atoms with van der Waals surface area (Å²) in [5.41, 5.74) is 7.35. The summed E-state index contributed by atoms with van der Waals surface area (Å²) < 4.78 is 19.2. The average Bonchev–Trinajstić information content (AvgIpc) is 2.49. The molecule has 21 heavy (non-hydrogen) atoms. The van der Waals surface area contributed by atoms with E-state index in [0.29, 0.717) is 17.1 Å². The highest BCUT2D eigenvalue weighted by Crippen LogP contribution is 2.30. The molecule has 0 bridgehead atoms. The number of fused-ring (bicyclic) bond motifs is 1. The maximum Gasteiger partial charge on any atom is 0.132 e. The lowest BCUT2D eigenvalue weighted by atomic mass is 10.1. The molecule has 0 aliphatic heterocycles. The number of ether oxygens (including phenoxy) is 1. The number of hydrogen-bond acceptors (Lipinski definition) is 3. The van der Waals surface area contributed by atoms with Gasteiger partial charge in [-0.3, -0.25) is 4.98 Å². The Bertz CT molecular complexity index is 787. The topological polar surface area (TPSA) is 48.1 Å². The van der Waals surface area contributed by atoms with Crippen molar-refractivity contribution in [2.75, 3.05) is 0 Å². The normalized spacial score (nSPS) is 12.3. The van der Waals surface area contributed by atoms with Gasteiger partial charge in [-0.15, -0.1) is 0 Å². The number of rotatable bonds is 3. The molecule has 1 unspecified atom stereocenters. The van der Waals surface area contributed by atoms with Gasteiger partial charge in [0.1, 0.15) is 17.3 Å². The van der Waals surface area contributed by atoms with E-state index in [-0.39, 0.29) is 11.9 Å². The van der Waals surface area contributed by atoms with Gasteiger partial charge in [0.25, 0.3) is 0 Å². The molecule has 2 N–H and O–H groups in total. The Balaban J connectivity index is 1.98. The predicted molar refractivity (Wildman–Crippen MR) is 80.8 cm³/mol. The van der Waals surface area contributed by atoms with Crippen LogP contribution in [0, 0.1) is 5.82 Å². The van der Waals surface area contributed by atoms with Crippen LogP contribution in [0.3, 0.4) is 0 Å². The molecule has 3 rings (SSSR count). The third kappa shape index (κ3) is 2.85. The average molecular weight is 282 g/mol. The summed E-state index contributed by atoms with van der Waals surface area (Å²) in [5.74, 6) is 0.881. The van der Waals surface area contributed by atoms with Crippen molar-refractivity contribution in [1.29, 1.82) is 0 Å². The van der Waals surface area contributed by atoms with Gasteiger partial charge in [-0.05, 0) is 43.3 Å². The van der Waals surface area contributed by atoms with Crippen molar-refractivity contribution in [2.45, 2.75) is 13.0 Å². The van der Waals surface area contributed by atoms with Crippen LogP contribution in [0.25, 0.3) is 10.9 Å². The van der Waals surface area contributed by atoms with E-state index >= 15 is 0 Å². The molecule has 0 fully saturated rings. The van der Waals surface area contributed by atoms with Crippen molar-refractivity contribution in [3.05, 3.63) is 66.1 Å². The summed E-state index contributed by atoms with van der Waals surface area (Å²) in [6, 6.07) is 13.6. The summed E-state index contributed by atoms with van der Waals surface area (Å²) in [7, 11) is 0. The van der Waals surface area contributed by atoms with Crippen molar-refractivity contribution < 1.29 is 9.13 Å². The first kappa shape index (κ1) is 13.5. The maximum absolute atomic E-state index is 13.3. The number of halogens is 1. The van der Waals surface area contributed by atoms with E-state index in [4.69, 9.17) is 10.5 Å². The van der Waals surface area contributed by atoms with E-state index in [1.807, 2.05) is 30.3 Å². The first-order valence-electron chi connectivity index (χ1n) is 6.71. The molecule has 4 heteroatoms. The van der Waals surface area contributed by atoms with Gasteiger partial charge >= 0.3 is 0 Å². The SMILES string of the molecule is CC(N)c1cc(F)ccc1Oc1ccc2cccnc2c1. The lowest BCUT2D eigenvalue weighted by Crippen LogP contribution is -2.07. The fourth-order valence-electron chi connectivity index (χ4n) is 2.20. The standard InChI is InChI=1S/C17H15FN2O/c1-11(19)15-9-13(18)5-7-17(15)21-14-6-4-12-3-2-8-20-16(12)10-14/h2-11H,19H2,1H3. The number of pyridine rings is 1. The molecule has 1 aromatic heterocycles. The number of aromatic nitrogens is 1. The number of hydrogen-bond donors (Lipinski definition) is 1. The number of nitrogens with zero attached hydrogens (tertiary/aromatic N) is 1. The molecular formula is C17H15FN2O. The smallest absolute Gasteiger partial charge is 0.132 e. The van der Waals surface area contributed by atoms with Crippen molar-refractivity contribution in [3.63, 3.8) is 0 Å². The van der Waals surface area contributed by atoms with Crippen LogP contribution in [-0.2, 0) is 0 Å². The zero-order chi connectivity index (χ0) is 14.8. The quantitative estimate of drug-likeness (QED) is 0.783. The molecule has 1 atom stereocenters. The van der Waals surface area contributed by atoms with E-state index in [2.05, 4.69) is 4.98 Å². The second kappa shape index (κ2) is 5.50. The highest BCUT2D eigenvalue weighted by atomic mass is 19.1. The van der Waals surface area contributed by atoms with E-state index in [1.54, 1.807) is 19.2 Å². The van der Waals surface area contributed by atoms with Crippen LogP contribution in [0.2, 0.25) is 0 Å². The van der Waals surface area contributed by atoms with Crippen LogP contribution < -0.4 is 10.5 Å². The lowest BCUT2D eigenvalue weighted by Gasteiger charge is -2.14. The van der Waals surface area contributed by atoms with Crippen LogP contribution in [-0.4, -0.2) is 4.98 Å². The molecule has 0 radical (unpaired) electrons. The molecular weight excluding hydrogens is 267 g/mol. The van der Waals surface area contributed by atoms with Crippen LogP contribution >= 0.6 is 0 Å². The molecule has 0 spiro atoms. The summed E-state index contributed by atoms with van der Waals surface area (Å²) in [6.07, 6.45) is 1.73. The maximum atomic E-state index is 13.3. The Morgan fingerprint density at radius 2 is 2.00 bits per heavy atom. The Morgan fingerprint density at radius 3 is 2.81 bits per heavy atom. The zero-order valence-corrected chi connectivity index (χ0v) is 11.6. The molecule has 2 aromatic carbocycles. The Morgan fingerprint density at radius 1 is 1.14 bits per heavy atom. The Labute approximate surface area is 122 Å². The Hall–Kier alpha value is -2.46. The van der Waals surface area contributed by atoms with Crippen LogP contribution in [0.5, 0.6) is 11.5 Å². The Kier molecular flexibility index (Phi) is 3.54. The highest BCUT2D eigenvalue weighted by molar-refractivity contribution is 5.79. The van der Waals surface area contributed by atoms with Crippen LogP contribution in [0.15, 0.2) is 54.7 Å². The molecule has 3 aromatic rings. The fraction of sp³-hybridized carbons (Fsp3) is 0.118. The molecule has 0 aliphatic rings. The molecule has 106 valence electrons. The van der Waals surface area contributed by atoms with Gasteiger partial charge < -0.3 is 10.5 Å². The minimum atomic E-state index is -0.324. The predicted octanol–water partition coefficient (Wildman–Crippen LogP) is 4.19. The van der Waals surface area contributed by atoms with E-state index in [0.717, 1.165) is 10.9 Å². The van der Waals surface area contributed by atoms with Crippen molar-refractivity contribution in [3.8, 4) is 11.5 Å². The van der Waals surface area contributed by atoms with E-state index in [9.17, 15) is 4.39 Å². The summed E-state index contributed by atoms with van der Waals surface area (Å²) in [4.78, 5) is 4.29. The first-order chi connectivity index (χ1) is 10.1. The van der Waals surface area contributed by atoms with E-state index < -0.39 is 0 Å². The van der Waals surface area contributed by atoms with Gasteiger partial charge in [0.05, 0.1) is 5.52 Å².